The molecule has 1 amide bonds. The topological polar surface area (TPSA) is 56.7 Å². The molecule has 0 spiro atoms. The number of hydrazone groups is 1. The third-order valence-electron chi connectivity index (χ3n) is 4.89. The SMILES string of the molecule is O=C1CNC(=S)N1N=C1CC(c2ccc(F)cc2)NC(c2ccc(F)cc2)C1. The van der Waals surface area contributed by atoms with Gasteiger partial charge in [0, 0.05) is 30.6 Å². The number of hydrogen-bond acceptors (Lipinski definition) is 4. The normalized spacial score (nSPS) is 22.4. The van der Waals surface area contributed by atoms with Crippen LogP contribution in [0.4, 0.5) is 8.78 Å². The predicted octanol–water partition coefficient (Wildman–Crippen LogP) is 3.20. The van der Waals surface area contributed by atoms with Crippen LogP contribution in [0.15, 0.2) is 53.6 Å². The molecule has 2 unspecified atom stereocenters. The molecule has 0 radical (unpaired) electrons. The van der Waals surface area contributed by atoms with E-state index in [0.717, 1.165) is 16.8 Å². The highest BCUT2D eigenvalue weighted by atomic mass is 32.1. The van der Waals surface area contributed by atoms with Crippen LogP contribution in [0.5, 0.6) is 0 Å². The lowest BCUT2D eigenvalue weighted by molar-refractivity contribution is -0.124. The van der Waals surface area contributed by atoms with Gasteiger partial charge in [0.25, 0.3) is 5.91 Å². The molecule has 28 heavy (non-hydrogen) atoms. The van der Waals surface area contributed by atoms with Crippen molar-refractivity contribution in [2.75, 3.05) is 6.54 Å². The van der Waals surface area contributed by atoms with E-state index in [2.05, 4.69) is 15.7 Å². The third kappa shape index (κ3) is 3.93. The molecular formula is C20H18F2N4OS. The Morgan fingerprint density at radius 1 is 0.929 bits per heavy atom. The van der Waals surface area contributed by atoms with Crippen LogP contribution >= 0.6 is 12.2 Å². The van der Waals surface area contributed by atoms with E-state index in [1.165, 1.54) is 29.3 Å². The number of carbonyl (C=O) groups excluding carboxylic acids is 1. The first-order valence-corrected chi connectivity index (χ1v) is 9.34. The van der Waals surface area contributed by atoms with Crippen LogP contribution in [0.1, 0.15) is 36.1 Å². The fourth-order valence-electron chi connectivity index (χ4n) is 3.47. The van der Waals surface area contributed by atoms with Crippen LogP contribution in [0, 0.1) is 11.6 Å². The monoisotopic (exact) mass is 400 g/mol. The second-order valence-electron chi connectivity index (χ2n) is 6.81. The van der Waals surface area contributed by atoms with Gasteiger partial charge in [-0.2, -0.15) is 10.1 Å². The Labute approximate surface area is 166 Å². The fraction of sp³-hybridized carbons (Fsp3) is 0.250. The summed E-state index contributed by atoms with van der Waals surface area (Å²) in [6.45, 7) is 0.136. The Balaban J connectivity index is 1.65. The zero-order chi connectivity index (χ0) is 19.7. The number of hydrogen-bond donors (Lipinski definition) is 2. The summed E-state index contributed by atoms with van der Waals surface area (Å²) < 4.78 is 26.6. The minimum absolute atomic E-state index is 0.123. The summed E-state index contributed by atoms with van der Waals surface area (Å²) in [6, 6.07) is 12.3. The van der Waals surface area contributed by atoms with Gasteiger partial charge >= 0.3 is 0 Å². The number of carbonyl (C=O) groups is 1. The highest BCUT2D eigenvalue weighted by Crippen LogP contribution is 2.32. The molecule has 144 valence electrons. The number of halogens is 2. The van der Waals surface area contributed by atoms with Crippen molar-refractivity contribution in [1.82, 2.24) is 15.6 Å². The van der Waals surface area contributed by atoms with E-state index in [4.69, 9.17) is 12.2 Å². The molecule has 0 bridgehead atoms. The van der Waals surface area contributed by atoms with Gasteiger partial charge in [-0.25, -0.2) is 8.78 Å². The maximum atomic E-state index is 13.3. The fourth-order valence-corrected chi connectivity index (χ4v) is 3.69. The number of benzene rings is 2. The summed E-state index contributed by atoms with van der Waals surface area (Å²) in [5, 5.41) is 12.3. The molecule has 2 aliphatic rings. The molecule has 2 fully saturated rings. The zero-order valence-electron chi connectivity index (χ0n) is 14.9. The van der Waals surface area contributed by atoms with Crippen LogP contribution < -0.4 is 10.6 Å². The van der Waals surface area contributed by atoms with Crippen LogP contribution in [0.3, 0.4) is 0 Å². The molecule has 2 saturated heterocycles. The van der Waals surface area contributed by atoms with E-state index < -0.39 is 0 Å². The average Bonchev–Trinajstić information content (AvgIpc) is 3.01. The summed E-state index contributed by atoms with van der Waals surface area (Å²) in [5.41, 5.74) is 2.62. The van der Waals surface area contributed by atoms with E-state index >= 15 is 0 Å². The molecule has 4 rings (SSSR count). The Bertz CT molecular complexity index is 859. The third-order valence-corrected chi connectivity index (χ3v) is 5.20. The van der Waals surface area contributed by atoms with Crippen molar-refractivity contribution in [1.29, 1.82) is 0 Å². The van der Waals surface area contributed by atoms with Gasteiger partial charge in [0.1, 0.15) is 11.6 Å². The van der Waals surface area contributed by atoms with Crippen molar-refractivity contribution in [2.45, 2.75) is 24.9 Å². The van der Waals surface area contributed by atoms with Gasteiger partial charge in [0.15, 0.2) is 5.11 Å². The van der Waals surface area contributed by atoms with Gasteiger partial charge in [-0.15, -0.1) is 0 Å². The summed E-state index contributed by atoms with van der Waals surface area (Å²) >= 11 is 5.15. The van der Waals surface area contributed by atoms with Crippen molar-refractivity contribution in [3.63, 3.8) is 0 Å². The lowest BCUT2D eigenvalue weighted by Gasteiger charge is -2.33. The van der Waals surface area contributed by atoms with Crippen molar-refractivity contribution in [3.8, 4) is 0 Å². The van der Waals surface area contributed by atoms with E-state index in [1.807, 2.05) is 0 Å². The Kier molecular flexibility index (Phi) is 5.15. The molecule has 2 heterocycles. The number of amides is 1. The van der Waals surface area contributed by atoms with Crippen LogP contribution in [0.2, 0.25) is 0 Å². The summed E-state index contributed by atoms with van der Waals surface area (Å²) in [4.78, 5) is 12.0. The molecule has 2 aromatic rings. The van der Waals surface area contributed by atoms with Crippen LogP contribution in [-0.2, 0) is 4.79 Å². The second kappa shape index (κ2) is 7.73. The minimum Gasteiger partial charge on any atom is -0.352 e. The summed E-state index contributed by atoms with van der Waals surface area (Å²) in [5.74, 6) is -0.807. The average molecular weight is 400 g/mol. The molecule has 0 saturated carbocycles. The van der Waals surface area contributed by atoms with Gasteiger partial charge in [0.2, 0.25) is 0 Å². The number of nitrogens with one attached hydrogen (secondary N) is 2. The first kappa shape index (κ1) is 18.6. The highest BCUT2D eigenvalue weighted by Gasteiger charge is 2.31. The molecule has 2 N–H and O–H groups in total. The maximum absolute atomic E-state index is 13.3. The molecule has 2 aliphatic heterocycles. The quantitative estimate of drug-likeness (QED) is 0.777. The van der Waals surface area contributed by atoms with Gasteiger partial charge in [0.05, 0.1) is 6.54 Å². The summed E-state index contributed by atoms with van der Waals surface area (Å²) in [6.07, 6.45) is 1.10. The number of nitrogens with zero attached hydrogens (tertiary/aromatic N) is 2. The Morgan fingerprint density at radius 3 is 1.86 bits per heavy atom. The first-order valence-electron chi connectivity index (χ1n) is 8.94. The molecule has 0 aromatic heterocycles. The van der Waals surface area contributed by atoms with Crippen molar-refractivity contribution in [3.05, 3.63) is 71.3 Å². The largest absolute Gasteiger partial charge is 0.352 e. The van der Waals surface area contributed by atoms with Crippen LogP contribution in [0.25, 0.3) is 0 Å². The molecule has 5 nitrogen and oxygen atoms in total. The maximum Gasteiger partial charge on any atom is 0.268 e. The Morgan fingerprint density at radius 2 is 1.43 bits per heavy atom. The predicted molar refractivity (Wildman–Crippen MR) is 106 cm³/mol. The zero-order valence-corrected chi connectivity index (χ0v) is 15.7. The second-order valence-corrected chi connectivity index (χ2v) is 7.20. The van der Waals surface area contributed by atoms with Gasteiger partial charge in [-0.1, -0.05) is 24.3 Å². The summed E-state index contributed by atoms with van der Waals surface area (Å²) in [7, 11) is 0. The van der Waals surface area contributed by atoms with E-state index in [1.54, 1.807) is 24.3 Å². The minimum atomic E-state index is -0.303. The van der Waals surface area contributed by atoms with E-state index in [9.17, 15) is 13.6 Å². The first-order chi connectivity index (χ1) is 13.5. The molecular weight excluding hydrogens is 382 g/mol. The Hall–Kier alpha value is -2.71. The van der Waals surface area contributed by atoms with Gasteiger partial charge in [-0.05, 0) is 47.6 Å². The number of piperidine rings is 1. The lowest BCUT2D eigenvalue weighted by atomic mass is 9.89. The van der Waals surface area contributed by atoms with Crippen molar-refractivity contribution < 1.29 is 13.6 Å². The van der Waals surface area contributed by atoms with Crippen molar-refractivity contribution in [2.24, 2.45) is 5.10 Å². The van der Waals surface area contributed by atoms with Crippen LogP contribution in [-0.4, -0.2) is 28.3 Å². The number of thiocarbonyl (C=S) groups is 1. The standard InChI is InChI=1S/C20H18F2N4OS/c21-14-5-1-12(2-6-14)17-9-16(25-26-19(27)11-23-20(26)28)10-18(24-17)13-3-7-15(22)8-4-13/h1-8,17-18,24H,9-11H2,(H,23,28). The highest BCUT2D eigenvalue weighted by molar-refractivity contribution is 7.80. The van der Waals surface area contributed by atoms with E-state index in [0.29, 0.717) is 12.8 Å². The van der Waals surface area contributed by atoms with Gasteiger partial charge in [-0.3, -0.25) is 4.79 Å². The lowest BCUT2D eigenvalue weighted by Crippen LogP contribution is -2.37. The number of rotatable bonds is 3. The van der Waals surface area contributed by atoms with Gasteiger partial charge < -0.3 is 10.6 Å². The molecule has 0 aliphatic carbocycles. The van der Waals surface area contributed by atoms with E-state index in [-0.39, 0.29) is 41.3 Å². The van der Waals surface area contributed by atoms with Crippen molar-refractivity contribution >= 4 is 28.9 Å². The molecule has 2 aromatic carbocycles. The smallest absolute Gasteiger partial charge is 0.268 e. The molecule has 2 atom stereocenters. The molecule has 8 heteroatoms.